The van der Waals surface area contributed by atoms with E-state index < -0.39 is 48.8 Å². The standard InChI is InChI=1S/C23H40O12S3.3Na/c1-14(9-11-33-36(24,25)26)17-6-7-18-16-5-4-15-12-20(34-37(27,28)29)21(35-38(30,31)32)13-23(15,3)19(16)8-10-22(17,18)2;;;/h14-21H,4-13H2,1-3H3,(H,24,25,26)(H,27,28,29)(H,30,31,32);;;/q;3*+1/p-3/t14-,15-,16-,17+,18-,19-,20-,21-,22+,23-;;;/m0.../s1. The van der Waals surface area contributed by atoms with Gasteiger partial charge in [-0.1, -0.05) is 20.8 Å². The molecule has 41 heavy (non-hydrogen) atoms. The van der Waals surface area contributed by atoms with Crippen LogP contribution in [0.4, 0.5) is 0 Å². The summed E-state index contributed by atoms with van der Waals surface area (Å²) in [5.74, 6) is 1.43. The van der Waals surface area contributed by atoms with Gasteiger partial charge < -0.3 is 13.7 Å². The van der Waals surface area contributed by atoms with Gasteiger partial charge in [0.2, 0.25) is 31.2 Å². The maximum Gasteiger partial charge on any atom is 1.00 e. The normalized spacial score (nSPS) is 39.5. The van der Waals surface area contributed by atoms with Crippen LogP contribution in [0.3, 0.4) is 0 Å². The van der Waals surface area contributed by atoms with Gasteiger partial charge in [0.05, 0.1) is 6.61 Å². The van der Waals surface area contributed by atoms with E-state index in [4.69, 9.17) is 4.18 Å². The van der Waals surface area contributed by atoms with Crippen molar-refractivity contribution in [1.82, 2.24) is 0 Å². The second-order valence-electron chi connectivity index (χ2n) is 12.4. The Hall–Kier alpha value is 2.61. The zero-order valence-electron chi connectivity index (χ0n) is 24.8. The molecular weight excluding hydrogens is 633 g/mol. The molecule has 10 atom stereocenters. The van der Waals surface area contributed by atoms with Crippen LogP contribution >= 0.6 is 0 Å². The number of fused-ring (bicyclic) bond motifs is 5. The first-order chi connectivity index (χ1) is 17.3. The Balaban J connectivity index is 0.00000280. The molecule has 12 nitrogen and oxygen atoms in total. The molecule has 0 aromatic heterocycles. The van der Waals surface area contributed by atoms with E-state index in [9.17, 15) is 38.9 Å². The first-order valence-corrected chi connectivity index (χ1v) is 17.2. The summed E-state index contributed by atoms with van der Waals surface area (Å²) in [5, 5.41) is 0. The summed E-state index contributed by atoms with van der Waals surface area (Å²) >= 11 is 0. The molecule has 0 aromatic rings. The molecule has 0 unspecified atom stereocenters. The molecule has 4 aliphatic rings. The summed E-state index contributed by atoms with van der Waals surface area (Å²) < 4.78 is 115. The summed E-state index contributed by atoms with van der Waals surface area (Å²) in [4.78, 5) is 0. The predicted octanol–water partition coefficient (Wildman–Crippen LogP) is -6.54. The quantitative estimate of drug-likeness (QED) is 0.128. The Morgan fingerprint density at radius 2 is 1.32 bits per heavy atom. The molecule has 18 heteroatoms. The summed E-state index contributed by atoms with van der Waals surface area (Å²) in [6.07, 6.45) is 3.42. The largest absolute Gasteiger partial charge is 1.00 e. The van der Waals surface area contributed by atoms with Crippen LogP contribution in [0.1, 0.15) is 78.6 Å². The van der Waals surface area contributed by atoms with Crippen molar-refractivity contribution >= 4 is 31.2 Å². The smallest absolute Gasteiger partial charge is 0.726 e. The number of hydrogen-bond acceptors (Lipinski definition) is 12. The Bertz CT molecular complexity index is 1220. The van der Waals surface area contributed by atoms with Crippen LogP contribution in [0.25, 0.3) is 0 Å². The predicted molar refractivity (Wildman–Crippen MR) is 129 cm³/mol. The minimum atomic E-state index is -5.16. The molecule has 0 saturated heterocycles. The van der Waals surface area contributed by atoms with Crippen LogP contribution < -0.4 is 88.7 Å². The molecule has 0 aromatic carbocycles. The van der Waals surface area contributed by atoms with E-state index in [0.29, 0.717) is 24.2 Å². The van der Waals surface area contributed by atoms with Gasteiger partial charge in [-0.15, -0.1) is 0 Å². The van der Waals surface area contributed by atoms with E-state index in [1.54, 1.807) is 0 Å². The molecule has 0 heterocycles. The van der Waals surface area contributed by atoms with Crippen molar-refractivity contribution in [2.24, 2.45) is 46.3 Å². The van der Waals surface area contributed by atoms with Gasteiger partial charge in [0.1, 0.15) is 12.2 Å². The van der Waals surface area contributed by atoms with Crippen LogP contribution in [-0.4, -0.2) is 57.7 Å². The fourth-order valence-corrected chi connectivity index (χ4v) is 10.6. The second kappa shape index (κ2) is 15.2. The van der Waals surface area contributed by atoms with Crippen molar-refractivity contribution in [2.75, 3.05) is 6.61 Å². The van der Waals surface area contributed by atoms with E-state index in [0.717, 1.165) is 38.5 Å². The van der Waals surface area contributed by atoms with Gasteiger partial charge in [-0.2, -0.15) is 0 Å². The van der Waals surface area contributed by atoms with Gasteiger partial charge in [0.25, 0.3) is 0 Å². The van der Waals surface area contributed by atoms with Crippen molar-refractivity contribution in [3.05, 3.63) is 0 Å². The zero-order chi connectivity index (χ0) is 28.3. The molecule has 4 fully saturated rings. The Morgan fingerprint density at radius 3 is 1.88 bits per heavy atom. The summed E-state index contributed by atoms with van der Waals surface area (Å²) in [5.41, 5.74) is -0.405. The number of hydrogen-bond donors (Lipinski definition) is 0. The van der Waals surface area contributed by atoms with E-state index in [-0.39, 0.29) is 131 Å². The first-order valence-electron chi connectivity index (χ1n) is 13.2. The molecule has 0 aliphatic heterocycles. The maximum atomic E-state index is 11.5. The Morgan fingerprint density at radius 1 is 0.756 bits per heavy atom. The van der Waals surface area contributed by atoms with E-state index in [1.807, 2.05) is 0 Å². The average Bonchev–Trinajstić information content (AvgIpc) is 3.08. The topological polar surface area (TPSA) is 199 Å². The Kier molecular flexibility index (Phi) is 15.5. The van der Waals surface area contributed by atoms with Gasteiger partial charge in [-0.3, -0.25) is 12.5 Å². The zero-order valence-corrected chi connectivity index (χ0v) is 33.3. The Labute approximate surface area is 311 Å². The van der Waals surface area contributed by atoms with Gasteiger partial charge in [-0.05, 0) is 104 Å². The van der Waals surface area contributed by atoms with Crippen LogP contribution in [0.2, 0.25) is 0 Å². The van der Waals surface area contributed by atoms with Crippen molar-refractivity contribution in [3.63, 3.8) is 0 Å². The third kappa shape index (κ3) is 9.82. The van der Waals surface area contributed by atoms with E-state index in [1.165, 1.54) is 0 Å². The third-order valence-electron chi connectivity index (χ3n) is 10.7. The van der Waals surface area contributed by atoms with Crippen LogP contribution in [0.15, 0.2) is 0 Å². The molecule has 0 N–H and O–H groups in total. The second-order valence-corrected chi connectivity index (χ2v) is 15.5. The fourth-order valence-electron chi connectivity index (χ4n) is 9.25. The minimum absolute atomic E-state index is 0. The summed E-state index contributed by atoms with van der Waals surface area (Å²) in [7, 11) is -15.0. The van der Waals surface area contributed by atoms with E-state index >= 15 is 0 Å². The number of rotatable bonds is 9. The maximum absolute atomic E-state index is 11.5. The molecule has 0 amide bonds. The van der Waals surface area contributed by atoms with E-state index in [2.05, 4.69) is 29.1 Å². The molecule has 0 spiro atoms. The van der Waals surface area contributed by atoms with Crippen molar-refractivity contribution in [2.45, 2.75) is 90.8 Å². The molecule has 4 saturated carbocycles. The molecular formula is C23H37Na3O12S3. The molecule has 0 radical (unpaired) electrons. The molecule has 4 rings (SSSR count). The molecule has 4 aliphatic carbocycles. The van der Waals surface area contributed by atoms with Crippen molar-refractivity contribution in [1.29, 1.82) is 0 Å². The summed E-state index contributed by atoms with van der Waals surface area (Å²) in [6.45, 7) is 6.28. The van der Waals surface area contributed by atoms with Gasteiger partial charge in [-0.25, -0.2) is 25.3 Å². The average molecular weight is 671 g/mol. The summed E-state index contributed by atoms with van der Waals surface area (Å²) in [6, 6.07) is 0. The SMILES string of the molecule is C[C@@H](CCOS(=O)(=O)[O-])[C@H]1CC[C@H]2[C@@H]3CC[C@H]4C[C@H](OS(=O)(=O)[O-])[C@@H](OS(=O)(=O)[O-])C[C@]4(C)[C@H]3CC[C@]12C.[Na+].[Na+].[Na+]. The third-order valence-corrected chi connectivity index (χ3v) is 12.1. The van der Waals surface area contributed by atoms with Crippen LogP contribution in [0.5, 0.6) is 0 Å². The molecule has 222 valence electrons. The first kappa shape index (κ1) is 41.6. The van der Waals surface area contributed by atoms with Crippen LogP contribution in [0, 0.1) is 46.3 Å². The van der Waals surface area contributed by atoms with Gasteiger partial charge in [0.15, 0.2) is 0 Å². The minimum Gasteiger partial charge on any atom is -0.726 e. The monoisotopic (exact) mass is 670 g/mol. The van der Waals surface area contributed by atoms with Crippen LogP contribution in [-0.2, 0) is 43.7 Å². The van der Waals surface area contributed by atoms with Crippen molar-refractivity contribution < 1.29 is 140 Å². The van der Waals surface area contributed by atoms with Gasteiger partial charge >= 0.3 is 88.7 Å². The molecule has 0 bridgehead atoms. The van der Waals surface area contributed by atoms with Crippen molar-refractivity contribution in [3.8, 4) is 0 Å². The fraction of sp³-hybridized carbons (Fsp3) is 1.00. The van der Waals surface area contributed by atoms with Gasteiger partial charge in [0, 0.05) is 0 Å².